The van der Waals surface area contributed by atoms with Crippen molar-refractivity contribution >= 4 is 22.7 Å². The fraction of sp³-hybridized carbons (Fsp3) is 0.192. The molecule has 0 atom stereocenters. The van der Waals surface area contributed by atoms with Crippen molar-refractivity contribution in [2.75, 3.05) is 0 Å². The molecule has 4 aromatic rings. The van der Waals surface area contributed by atoms with E-state index in [0.29, 0.717) is 12.8 Å². The van der Waals surface area contributed by atoms with Crippen LogP contribution >= 0.6 is 0 Å². The molecular weight excluding hydrogens is 394 g/mol. The molecule has 5 heteroatoms. The normalized spacial score (nSPS) is 13.3. The number of hydrogen-bond acceptors (Lipinski definition) is 1. The molecule has 0 saturated carbocycles. The Morgan fingerprint density at radius 1 is 0.903 bits per heavy atom. The molecule has 1 aliphatic carbocycles. The van der Waals surface area contributed by atoms with Crippen LogP contribution in [0.15, 0.2) is 59.4 Å². The van der Waals surface area contributed by atoms with Crippen LogP contribution in [-0.4, -0.2) is 9.55 Å². The third-order valence-electron chi connectivity index (χ3n) is 5.95. The van der Waals surface area contributed by atoms with Crippen molar-refractivity contribution in [1.29, 1.82) is 0 Å². The van der Waals surface area contributed by atoms with Crippen LogP contribution in [0.4, 0.5) is 8.78 Å². The fourth-order valence-corrected chi connectivity index (χ4v) is 4.55. The van der Waals surface area contributed by atoms with Crippen molar-refractivity contribution in [3.63, 3.8) is 0 Å². The van der Waals surface area contributed by atoms with Crippen molar-refractivity contribution in [3.05, 3.63) is 105 Å². The van der Waals surface area contributed by atoms with Crippen LogP contribution in [0.3, 0.4) is 0 Å². The molecule has 1 aromatic heterocycles. The zero-order valence-corrected chi connectivity index (χ0v) is 17.4. The van der Waals surface area contributed by atoms with Crippen LogP contribution < -0.4 is 5.69 Å². The lowest BCUT2D eigenvalue weighted by Gasteiger charge is -2.13. The van der Waals surface area contributed by atoms with Crippen molar-refractivity contribution in [1.82, 2.24) is 9.55 Å². The molecule has 0 spiro atoms. The van der Waals surface area contributed by atoms with Crippen molar-refractivity contribution < 1.29 is 8.78 Å². The molecule has 0 fully saturated rings. The molecule has 3 nitrogen and oxygen atoms in total. The van der Waals surface area contributed by atoms with E-state index in [0.717, 1.165) is 44.4 Å². The number of aryl methyl sites for hydroxylation is 2. The van der Waals surface area contributed by atoms with Gasteiger partial charge >= 0.3 is 5.69 Å². The Bertz CT molecular complexity index is 1350. The summed E-state index contributed by atoms with van der Waals surface area (Å²) in [5.41, 5.74) is 7.02. The molecule has 1 aliphatic rings. The number of aromatic amines is 1. The lowest BCUT2D eigenvalue weighted by atomic mass is 9.92. The van der Waals surface area contributed by atoms with E-state index in [1.54, 1.807) is 28.8 Å². The minimum atomic E-state index is -0.274. The maximum Gasteiger partial charge on any atom is 0.326 e. The van der Waals surface area contributed by atoms with Crippen LogP contribution in [0, 0.1) is 11.6 Å². The predicted octanol–water partition coefficient (Wildman–Crippen LogP) is 5.88. The van der Waals surface area contributed by atoms with E-state index in [1.165, 1.54) is 12.1 Å². The van der Waals surface area contributed by atoms with Gasteiger partial charge in [0.25, 0.3) is 0 Å². The summed E-state index contributed by atoms with van der Waals surface area (Å²) < 4.78 is 29.6. The molecule has 156 valence electrons. The number of benzene rings is 3. The van der Waals surface area contributed by atoms with Crippen molar-refractivity contribution in [2.24, 2.45) is 0 Å². The summed E-state index contributed by atoms with van der Waals surface area (Å²) in [7, 11) is 0. The SMILES string of the molecule is CC(C)n1c(=O)[nH]c2cc(C=C3c4ccc(F)cc4CCc4cc(F)ccc43)ccc21. The molecule has 5 rings (SSSR count). The Labute approximate surface area is 178 Å². The smallest absolute Gasteiger partial charge is 0.306 e. The first-order chi connectivity index (χ1) is 14.9. The Balaban J connectivity index is 1.73. The predicted molar refractivity (Wildman–Crippen MR) is 120 cm³/mol. The Morgan fingerprint density at radius 3 is 2.10 bits per heavy atom. The van der Waals surface area contributed by atoms with Gasteiger partial charge in [-0.2, -0.15) is 0 Å². The molecule has 0 saturated heterocycles. The van der Waals surface area contributed by atoms with Crippen LogP contribution in [0.1, 0.15) is 47.7 Å². The highest BCUT2D eigenvalue weighted by Crippen LogP contribution is 2.36. The third kappa shape index (κ3) is 3.40. The summed E-state index contributed by atoms with van der Waals surface area (Å²) in [5.74, 6) is -0.548. The van der Waals surface area contributed by atoms with E-state index in [-0.39, 0.29) is 23.4 Å². The van der Waals surface area contributed by atoms with E-state index in [9.17, 15) is 13.6 Å². The van der Waals surface area contributed by atoms with E-state index >= 15 is 0 Å². The van der Waals surface area contributed by atoms with Gasteiger partial charge in [0.2, 0.25) is 0 Å². The number of nitrogens with zero attached hydrogens (tertiary/aromatic N) is 1. The minimum Gasteiger partial charge on any atom is -0.306 e. The van der Waals surface area contributed by atoms with Crippen LogP contribution in [0.25, 0.3) is 22.7 Å². The Kier molecular flexibility index (Phi) is 4.62. The number of halogens is 2. The molecule has 1 N–H and O–H groups in total. The van der Waals surface area contributed by atoms with Crippen molar-refractivity contribution in [2.45, 2.75) is 32.7 Å². The monoisotopic (exact) mass is 416 g/mol. The quantitative estimate of drug-likeness (QED) is 0.436. The number of aromatic nitrogens is 2. The van der Waals surface area contributed by atoms with E-state index in [1.807, 2.05) is 38.1 Å². The van der Waals surface area contributed by atoms with Crippen LogP contribution in [0.2, 0.25) is 0 Å². The number of imidazole rings is 1. The van der Waals surface area contributed by atoms with Gasteiger partial charge in [-0.3, -0.25) is 4.57 Å². The lowest BCUT2D eigenvalue weighted by Crippen LogP contribution is -2.18. The Hall–Kier alpha value is -3.47. The average molecular weight is 416 g/mol. The second kappa shape index (κ2) is 7.34. The summed E-state index contributed by atoms with van der Waals surface area (Å²) in [6.07, 6.45) is 3.32. The number of fused-ring (bicyclic) bond motifs is 3. The molecule has 3 aromatic carbocycles. The van der Waals surface area contributed by atoms with E-state index in [2.05, 4.69) is 4.98 Å². The number of nitrogens with one attached hydrogen (secondary N) is 1. The lowest BCUT2D eigenvalue weighted by molar-refractivity contribution is 0.598. The molecule has 0 radical (unpaired) electrons. The van der Waals surface area contributed by atoms with Crippen molar-refractivity contribution in [3.8, 4) is 0 Å². The van der Waals surface area contributed by atoms with Gasteiger partial charge in [-0.05, 0) is 103 Å². The van der Waals surface area contributed by atoms with E-state index in [4.69, 9.17) is 0 Å². The molecule has 0 amide bonds. The summed E-state index contributed by atoms with van der Waals surface area (Å²) in [6.45, 7) is 3.95. The fourth-order valence-electron chi connectivity index (χ4n) is 4.55. The zero-order chi connectivity index (χ0) is 21.7. The van der Waals surface area contributed by atoms with E-state index < -0.39 is 0 Å². The molecule has 0 aliphatic heterocycles. The standard InChI is InChI=1S/C26H22F2N2O/c1-15(2)30-25-10-3-16(12-24(25)29-26(30)31)11-23-21-8-6-19(27)13-17(21)4-5-18-14-20(28)7-9-22(18)23/h3,6-15H,4-5H2,1-2H3,(H,29,31). The first kappa shape index (κ1) is 19.5. The van der Waals surface area contributed by atoms with Crippen LogP contribution in [0.5, 0.6) is 0 Å². The van der Waals surface area contributed by atoms with Crippen LogP contribution in [-0.2, 0) is 12.8 Å². The second-order valence-corrected chi connectivity index (χ2v) is 8.33. The molecule has 0 unspecified atom stereocenters. The van der Waals surface area contributed by atoms with Gasteiger partial charge in [0.15, 0.2) is 0 Å². The first-order valence-electron chi connectivity index (χ1n) is 10.4. The first-order valence-corrected chi connectivity index (χ1v) is 10.4. The third-order valence-corrected chi connectivity index (χ3v) is 5.95. The maximum atomic E-state index is 13.9. The Morgan fingerprint density at radius 2 is 1.52 bits per heavy atom. The number of rotatable bonds is 2. The highest BCUT2D eigenvalue weighted by atomic mass is 19.1. The second-order valence-electron chi connectivity index (χ2n) is 8.33. The highest BCUT2D eigenvalue weighted by Gasteiger charge is 2.19. The van der Waals surface area contributed by atoms with Gasteiger partial charge in [-0.1, -0.05) is 18.2 Å². The van der Waals surface area contributed by atoms with Gasteiger partial charge < -0.3 is 4.98 Å². The molecule has 0 bridgehead atoms. The number of hydrogen-bond donors (Lipinski definition) is 1. The minimum absolute atomic E-state index is 0.0517. The molecular formula is C26H22F2N2O. The number of H-pyrrole nitrogens is 1. The average Bonchev–Trinajstić information content (AvgIpc) is 2.98. The molecule has 1 heterocycles. The largest absolute Gasteiger partial charge is 0.326 e. The maximum absolute atomic E-state index is 13.9. The summed E-state index contributed by atoms with van der Waals surface area (Å²) >= 11 is 0. The molecule has 31 heavy (non-hydrogen) atoms. The highest BCUT2D eigenvalue weighted by molar-refractivity contribution is 5.95. The van der Waals surface area contributed by atoms with Gasteiger partial charge in [0, 0.05) is 6.04 Å². The topological polar surface area (TPSA) is 37.8 Å². The van der Waals surface area contributed by atoms with Gasteiger partial charge in [0.05, 0.1) is 11.0 Å². The van der Waals surface area contributed by atoms with Gasteiger partial charge in [0.1, 0.15) is 11.6 Å². The van der Waals surface area contributed by atoms with Gasteiger partial charge in [-0.15, -0.1) is 0 Å². The summed E-state index contributed by atoms with van der Waals surface area (Å²) in [6, 6.07) is 15.6. The summed E-state index contributed by atoms with van der Waals surface area (Å²) in [4.78, 5) is 15.3. The zero-order valence-electron chi connectivity index (χ0n) is 17.4. The summed E-state index contributed by atoms with van der Waals surface area (Å²) in [5, 5.41) is 0. The van der Waals surface area contributed by atoms with Gasteiger partial charge in [-0.25, -0.2) is 13.6 Å².